The maximum absolute atomic E-state index is 11.4. The second-order valence-corrected chi connectivity index (χ2v) is 10.6. The van der Waals surface area contributed by atoms with E-state index in [2.05, 4.69) is 46.1 Å². The average molecular weight is 529 g/mol. The minimum absolute atomic E-state index is 0.0245. The number of hydrogen-bond acceptors (Lipinski definition) is 9. The van der Waals surface area contributed by atoms with Crippen LogP contribution in [0.25, 0.3) is 20.9 Å². The molecular formula is C17H24N10O6S2. The van der Waals surface area contributed by atoms with E-state index in [1.165, 1.54) is 7.11 Å². The number of urea groups is 2. The number of carboxylic acid groups (broad SMARTS) is 1. The fourth-order valence-electron chi connectivity index (χ4n) is 4.28. The van der Waals surface area contributed by atoms with Crippen molar-refractivity contribution >= 4 is 47.5 Å². The third-order valence-corrected chi connectivity index (χ3v) is 8.86. The number of carboxylic acids is 1. The van der Waals surface area contributed by atoms with Crippen molar-refractivity contribution in [2.75, 3.05) is 18.6 Å². The van der Waals surface area contributed by atoms with Gasteiger partial charge < -0.3 is 31.1 Å². The van der Waals surface area contributed by atoms with Crippen LogP contribution in [0.5, 0.6) is 0 Å². The van der Waals surface area contributed by atoms with Crippen molar-refractivity contribution in [1.82, 2.24) is 21.3 Å². The summed E-state index contributed by atoms with van der Waals surface area (Å²) in [5.74, 6) is -0.146. The molecule has 0 saturated carbocycles. The number of nitrogens with zero attached hydrogens (tertiary/aromatic N) is 6. The number of thioether (sulfide) groups is 2. The molecule has 16 nitrogen and oxygen atoms in total. The molecule has 4 rings (SSSR count). The van der Waals surface area contributed by atoms with E-state index in [-0.39, 0.29) is 53.2 Å². The van der Waals surface area contributed by atoms with Crippen LogP contribution in [0, 0.1) is 0 Å². The molecule has 190 valence electrons. The van der Waals surface area contributed by atoms with Gasteiger partial charge in [-0.25, -0.2) is 9.59 Å². The zero-order chi connectivity index (χ0) is 25.5. The summed E-state index contributed by atoms with van der Waals surface area (Å²) in [6.07, 6.45) is 0.595. The molecule has 5 N–H and O–H groups in total. The molecular weight excluding hydrogens is 504 g/mol. The maximum atomic E-state index is 11.4. The van der Waals surface area contributed by atoms with Gasteiger partial charge in [0.05, 0.1) is 31.3 Å². The van der Waals surface area contributed by atoms with Gasteiger partial charge in [-0.3, -0.25) is 9.59 Å². The number of aliphatic carboxylic acids is 1. The van der Waals surface area contributed by atoms with Gasteiger partial charge in [0.2, 0.25) is 0 Å². The lowest BCUT2D eigenvalue weighted by atomic mass is 10.0. The van der Waals surface area contributed by atoms with Crippen LogP contribution in [0.4, 0.5) is 9.59 Å². The SMILES string of the molecule is COC(=O)C(C[C@@H]1SC[C@@H]2NC(=O)N[C@@H]21)N=[N+]=[N-].[N-]=[N+]=NC(C[C@@H]1SC[C@@H]2NC(=O)N[C@@H]21)C(=O)O. The highest BCUT2D eigenvalue weighted by Gasteiger charge is 2.45. The van der Waals surface area contributed by atoms with E-state index in [0.717, 1.165) is 11.5 Å². The summed E-state index contributed by atoms with van der Waals surface area (Å²) in [5.41, 5.74) is 16.7. The maximum Gasteiger partial charge on any atom is 0.315 e. The molecule has 0 aromatic carbocycles. The smallest absolute Gasteiger partial charge is 0.315 e. The summed E-state index contributed by atoms with van der Waals surface area (Å²) in [4.78, 5) is 49.8. The molecule has 0 bridgehead atoms. The minimum Gasteiger partial charge on any atom is -0.481 e. The number of esters is 1. The van der Waals surface area contributed by atoms with Crippen LogP contribution in [0.1, 0.15) is 12.8 Å². The van der Waals surface area contributed by atoms with Gasteiger partial charge in [-0.2, -0.15) is 23.5 Å². The zero-order valence-corrected chi connectivity index (χ0v) is 20.1. The van der Waals surface area contributed by atoms with Gasteiger partial charge in [0.15, 0.2) is 0 Å². The third kappa shape index (κ3) is 6.48. The number of rotatable bonds is 8. The number of methoxy groups -OCH3 is 1. The summed E-state index contributed by atoms with van der Waals surface area (Å²) in [5, 5.41) is 26.7. The fraction of sp³-hybridized carbons (Fsp3) is 0.765. The Morgan fingerprint density at radius 2 is 1.43 bits per heavy atom. The third-order valence-electron chi connectivity index (χ3n) is 5.93. The lowest BCUT2D eigenvalue weighted by Crippen LogP contribution is -2.39. The van der Waals surface area contributed by atoms with Gasteiger partial charge in [-0.1, -0.05) is 10.2 Å². The van der Waals surface area contributed by atoms with Crippen LogP contribution in [-0.4, -0.2) is 94.5 Å². The molecule has 4 saturated heterocycles. The topological polar surface area (TPSA) is 243 Å². The lowest BCUT2D eigenvalue weighted by Gasteiger charge is -2.19. The minimum atomic E-state index is -1.14. The molecule has 4 amide bonds. The van der Waals surface area contributed by atoms with E-state index >= 15 is 0 Å². The highest BCUT2D eigenvalue weighted by Crippen LogP contribution is 2.34. The first kappa shape index (κ1) is 26.4. The molecule has 0 radical (unpaired) electrons. The number of hydrogen-bond donors (Lipinski definition) is 5. The normalized spacial score (nSPS) is 31.3. The number of fused-ring (bicyclic) bond motifs is 2. The molecule has 0 aromatic heterocycles. The predicted molar refractivity (Wildman–Crippen MR) is 126 cm³/mol. The Hall–Kier alpha value is -3.20. The van der Waals surface area contributed by atoms with Gasteiger partial charge in [-0.05, 0) is 23.9 Å². The molecule has 8 atom stereocenters. The Morgan fingerprint density at radius 3 is 1.86 bits per heavy atom. The lowest BCUT2D eigenvalue weighted by molar-refractivity contribution is -0.142. The predicted octanol–water partition coefficient (Wildman–Crippen LogP) is 0.699. The molecule has 4 fully saturated rings. The summed E-state index contributed by atoms with van der Waals surface area (Å²) < 4.78 is 4.59. The largest absolute Gasteiger partial charge is 0.481 e. The van der Waals surface area contributed by atoms with Crippen LogP contribution in [0.2, 0.25) is 0 Å². The molecule has 0 aliphatic carbocycles. The fourth-order valence-corrected chi connectivity index (χ4v) is 7.34. The summed E-state index contributed by atoms with van der Waals surface area (Å²) in [6, 6.07) is -2.31. The van der Waals surface area contributed by atoms with E-state index in [0.29, 0.717) is 6.42 Å². The number of ether oxygens (including phenoxy) is 1. The Labute approximate surface area is 207 Å². The Balaban J connectivity index is 0.000000196. The molecule has 35 heavy (non-hydrogen) atoms. The van der Waals surface area contributed by atoms with E-state index < -0.39 is 24.0 Å². The summed E-state index contributed by atoms with van der Waals surface area (Å²) >= 11 is 3.23. The standard InChI is InChI=1S/C9H13N5O3S.C8H11N5O3S/c1-17-8(15)4(13-14-10)2-6-7-5(3-18-6)11-9(16)12-7;9-13-12-3(7(14)15)1-5-6-4(2-17-5)10-8(16)11-6/h4-7H,2-3H2,1H3,(H2,11,12,16);3-6H,1-2H2,(H,14,15)(H2,10,11,16)/t4?,5-,6-,7-;3?,4-,5-,6-/m00/s1. The second-order valence-electron chi connectivity index (χ2n) is 8.02. The molecule has 4 heterocycles. The van der Waals surface area contributed by atoms with Crippen molar-refractivity contribution in [3.63, 3.8) is 0 Å². The monoisotopic (exact) mass is 528 g/mol. The second kappa shape index (κ2) is 12.0. The first-order chi connectivity index (χ1) is 16.8. The Bertz CT molecular complexity index is 956. The van der Waals surface area contributed by atoms with Crippen LogP contribution in [0.3, 0.4) is 0 Å². The molecule has 4 aliphatic heterocycles. The van der Waals surface area contributed by atoms with Crippen LogP contribution < -0.4 is 21.3 Å². The molecule has 4 aliphatic rings. The first-order valence-electron chi connectivity index (χ1n) is 10.5. The van der Waals surface area contributed by atoms with Gasteiger partial charge in [0.25, 0.3) is 0 Å². The first-order valence-corrected chi connectivity index (χ1v) is 12.6. The van der Waals surface area contributed by atoms with Gasteiger partial charge in [-0.15, -0.1) is 0 Å². The molecule has 18 heteroatoms. The Morgan fingerprint density at radius 1 is 0.971 bits per heavy atom. The van der Waals surface area contributed by atoms with E-state index in [9.17, 15) is 19.2 Å². The van der Waals surface area contributed by atoms with Crippen LogP contribution >= 0.6 is 23.5 Å². The number of carbonyl (C=O) groups excluding carboxylic acids is 3. The van der Waals surface area contributed by atoms with Crippen LogP contribution in [-0.2, 0) is 14.3 Å². The van der Waals surface area contributed by atoms with Crippen molar-refractivity contribution in [2.45, 2.75) is 59.6 Å². The summed E-state index contributed by atoms with van der Waals surface area (Å²) in [7, 11) is 1.26. The summed E-state index contributed by atoms with van der Waals surface area (Å²) in [6.45, 7) is 0. The average Bonchev–Trinajstić information content (AvgIpc) is 3.56. The number of carbonyl (C=O) groups is 4. The number of nitrogens with one attached hydrogen (secondary N) is 4. The molecule has 0 aromatic rings. The van der Waals surface area contributed by atoms with Gasteiger partial charge >= 0.3 is 24.0 Å². The van der Waals surface area contributed by atoms with Crippen molar-refractivity contribution in [2.24, 2.45) is 10.2 Å². The van der Waals surface area contributed by atoms with Gasteiger partial charge in [0.1, 0.15) is 12.1 Å². The van der Waals surface area contributed by atoms with Crippen molar-refractivity contribution in [1.29, 1.82) is 0 Å². The number of amides is 4. The van der Waals surface area contributed by atoms with E-state index in [1.54, 1.807) is 23.5 Å². The Kier molecular flexibility index (Phi) is 9.03. The van der Waals surface area contributed by atoms with E-state index in [1.807, 2.05) is 0 Å². The quantitative estimate of drug-likeness (QED) is 0.0984. The highest BCUT2D eigenvalue weighted by molar-refractivity contribution is 8.00. The van der Waals surface area contributed by atoms with E-state index in [4.69, 9.17) is 16.2 Å². The van der Waals surface area contributed by atoms with Crippen molar-refractivity contribution in [3.05, 3.63) is 20.9 Å². The van der Waals surface area contributed by atoms with Crippen molar-refractivity contribution < 1.29 is 29.0 Å². The van der Waals surface area contributed by atoms with Crippen LogP contribution in [0.15, 0.2) is 10.2 Å². The van der Waals surface area contributed by atoms with Gasteiger partial charge in [0, 0.05) is 31.8 Å². The zero-order valence-electron chi connectivity index (χ0n) is 18.4. The number of azide groups is 2. The molecule has 2 unspecified atom stereocenters. The molecule has 0 spiro atoms. The highest BCUT2D eigenvalue weighted by atomic mass is 32.2. The van der Waals surface area contributed by atoms with Crippen molar-refractivity contribution in [3.8, 4) is 0 Å².